The van der Waals surface area contributed by atoms with Crippen molar-refractivity contribution in [3.8, 4) is 11.4 Å². The lowest BCUT2D eigenvalue weighted by Crippen LogP contribution is -2.25. The summed E-state index contributed by atoms with van der Waals surface area (Å²) < 4.78 is 2.12. The van der Waals surface area contributed by atoms with E-state index >= 15 is 0 Å². The van der Waals surface area contributed by atoms with Crippen molar-refractivity contribution in [3.05, 3.63) is 60.1 Å². The van der Waals surface area contributed by atoms with Gasteiger partial charge in [-0.3, -0.25) is 19.6 Å². The maximum atomic E-state index is 12.1. The van der Waals surface area contributed by atoms with E-state index in [1.165, 1.54) is 23.9 Å². The van der Waals surface area contributed by atoms with E-state index in [9.17, 15) is 14.7 Å². The standard InChI is InChI=1S/C25H31N5O3.CH2O2/c1-4-5-7-19-17-30(13-11-27-24(31)8-6-12-29(2)3)23-15-22(28-16-20(19)23)21-14-18(25(32)33)9-10-26-21;2-1-3/h6,8-10,14-17H,4-5,7,11-13H2,1-3H3,(H,27,31)(H,32,33);1H,(H,2,3)/b8-6+;. The van der Waals surface area contributed by atoms with E-state index in [-0.39, 0.29) is 17.9 Å². The molecule has 3 heterocycles. The highest BCUT2D eigenvalue weighted by Crippen LogP contribution is 2.26. The van der Waals surface area contributed by atoms with Gasteiger partial charge < -0.3 is 25.0 Å². The van der Waals surface area contributed by atoms with Gasteiger partial charge in [-0.05, 0) is 50.7 Å². The zero-order valence-corrected chi connectivity index (χ0v) is 20.8. The second-order valence-electron chi connectivity index (χ2n) is 8.33. The molecule has 0 aromatic carbocycles. The number of unbranched alkanes of at least 4 members (excludes halogenated alkanes) is 1. The molecule has 0 aliphatic carbocycles. The van der Waals surface area contributed by atoms with Gasteiger partial charge in [0.2, 0.25) is 5.91 Å². The van der Waals surface area contributed by atoms with E-state index < -0.39 is 5.97 Å². The van der Waals surface area contributed by atoms with Gasteiger partial charge in [-0.15, -0.1) is 0 Å². The smallest absolute Gasteiger partial charge is 0.335 e. The van der Waals surface area contributed by atoms with Crippen LogP contribution in [0.2, 0.25) is 0 Å². The van der Waals surface area contributed by atoms with E-state index in [4.69, 9.17) is 9.90 Å². The van der Waals surface area contributed by atoms with Crippen LogP contribution in [-0.2, 0) is 22.6 Å². The van der Waals surface area contributed by atoms with Crippen LogP contribution < -0.4 is 5.32 Å². The molecule has 0 radical (unpaired) electrons. The average molecular weight is 496 g/mol. The predicted molar refractivity (Wildman–Crippen MR) is 138 cm³/mol. The highest BCUT2D eigenvalue weighted by molar-refractivity contribution is 5.90. The van der Waals surface area contributed by atoms with Gasteiger partial charge in [-0.25, -0.2) is 4.79 Å². The van der Waals surface area contributed by atoms with Gasteiger partial charge in [0.1, 0.15) is 0 Å². The molecule has 3 N–H and O–H groups in total. The van der Waals surface area contributed by atoms with Crippen LogP contribution in [0.25, 0.3) is 22.3 Å². The van der Waals surface area contributed by atoms with Gasteiger partial charge in [0.05, 0.1) is 22.5 Å². The Kier molecular flexibility index (Phi) is 11.3. The van der Waals surface area contributed by atoms with Crippen molar-refractivity contribution < 1.29 is 24.6 Å². The first-order valence-corrected chi connectivity index (χ1v) is 11.6. The first-order valence-electron chi connectivity index (χ1n) is 11.6. The van der Waals surface area contributed by atoms with E-state index in [2.05, 4.69) is 33.0 Å². The second-order valence-corrected chi connectivity index (χ2v) is 8.33. The van der Waals surface area contributed by atoms with E-state index in [0.717, 1.165) is 30.2 Å². The Morgan fingerprint density at radius 1 is 1.19 bits per heavy atom. The number of aromatic carboxylic acids is 1. The largest absolute Gasteiger partial charge is 0.483 e. The third kappa shape index (κ3) is 8.31. The Morgan fingerprint density at radius 3 is 2.58 bits per heavy atom. The average Bonchev–Trinajstić information content (AvgIpc) is 3.20. The van der Waals surface area contributed by atoms with Crippen molar-refractivity contribution in [1.82, 2.24) is 24.8 Å². The Labute approximate surface area is 210 Å². The molecule has 1 amide bonds. The summed E-state index contributed by atoms with van der Waals surface area (Å²) in [6, 6.07) is 4.94. The van der Waals surface area contributed by atoms with E-state index in [1.54, 1.807) is 6.08 Å². The first kappa shape index (κ1) is 28.2. The number of hydrogen-bond donors (Lipinski definition) is 3. The number of likely N-dealkylation sites (N-methyl/N-ethyl adjacent to an activating group) is 1. The molecule has 0 aliphatic rings. The zero-order chi connectivity index (χ0) is 26.5. The number of aromatic nitrogens is 3. The fourth-order valence-electron chi connectivity index (χ4n) is 3.58. The van der Waals surface area contributed by atoms with Crippen molar-refractivity contribution >= 4 is 29.3 Å². The molecule has 0 atom stereocenters. The lowest BCUT2D eigenvalue weighted by atomic mass is 10.1. The van der Waals surface area contributed by atoms with Crippen LogP contribution in [0.3, 0.4) is 0 Å². The number of fused-ring (bicyclic) bond motifs is 1. The molecule has 0 aliphatic heterocycles. The molecule has 0 saturated heterocycles. The van der Waals surface area contributed by atoms with Gasteiger partial charge >= 0.3 is 5.97 Å². The summed E-state index contributed by atoms with van der Waals surface area (Å²) in [5, 5.41) is 20.2. The van der Waals surface area contributed by atoms with E-state index in [0.29, 0.717) is 31.0 Å². The SMILES string of the molecule is CCCCc1cn(CCNC(=O)/C=C/CN(C)C)c2cc(-c3cc(C(=O)O)ccn3)ncc12.O=CO. The van der Waals surface area contributed by atoms with Gasteiger partial charge in [0.15, 0.2) is 0 Å². The molecule has 3 aromatic heterocycles. The predicted octanol–water partition coefficient (Wildman–Crippen LogP) is 3.07. The lowest BCUT2D eigenvalue weighted by Gasteiger charge is -2.08. The summed E-state index contributed by atoms with van der Waals surface area (Å²) in [6.07, 6.45) is 12.0. The number of aryl methyl sites for hydroxylation is 1. The topological polar surface area (TPSA) is 138 Å². The number of carbonyl (C=O) groups is 3. The molecule has 10 nitrogen and oxygen atoms in total. The fraction of sp³-hybridized carbons (Fsp3) is 0.346. The van der Waals surface area contributed by atoms with Crippen molar-refractivity contribution in [2.24, 2.45) is 0 Å². The maximum absolute atomic E-state index is 12.1. The van der Waals surface area contributed by atoms with Crippen molar-refractivity contribution in [2.75, 3.05) is 27.2 Å². The molecular formula is C26H33N5O5. The molecular weight excluding hydrogens is 462 g/mol. The summed E-state index contributed by atoms with van der Waals surface area (Å²) in [4.78, 5) is 42.6. The Balaban J connectivity index is 0.00000145. The normalized spacial score (nSPS) is 10.9. The number of pyridine rings is 2. The molecule has 0 bridgehead atoms. The summed E-state index contributed by atoms with van der Waals surface area (Å²) in [7, 11) is 3.90. The molecule has 3 aromatic rings. The monoisotopic (exact) mass is 495 g/mol. The van der Waals surface area contributed by atoms with Crippen molar-refractivity contribution in [1.29, 1.82) is 0 Å². The second kappa shape index (κ2) is 14.4. The molecule has 192 valence electrons. The minimum Gasteiger partial charge on any atom is -0.483 e. The van der Waals surface area contributed by atoms with Gasteiger partial charge in [-0.2, -0.15) is 0 Å². The number of nitrogens with one attached hydrogen (secondary N) is 1. The summed E-state index contributed by atoms with van der Waals surface area (Å²) in [5.74, 6) is -1.11. The summed E-state index contributed by atoms with van der Waals surface area (Å²) >= 11 is 0. The molecule has 3 rings (SSSR count). The fourth-order valence-corrected chi connectivity index (χ4v) is 3.58. The third-order valence-corrected chi connectivity index (χ3v) is 5.31. The van der Waals surface area contributed by atoms with Crippen molar-refractivity contribution in [2.45, 2.75) is 32.7 Å². The third-order valence-electron chi connectivity index (χ3n) is 5.31. The van der Waals surface area contributed by atoms with E-state index in [1.807, 2.05) is 37.3 Å². The molecule has 36 heavy (non-hydrogen) atoms. The molecule has 0 unspecified atom stereocenters. The van der Waals surface area contributed by atoms with Gasteiger partial charge in [0.25, 0.3) is 6.47 Å². The lowest BCUT2D eigenvalue weighted by molar-refractivity contribution is -0.123. The van der Waals surface area contributed by atoms with Crippen LogP contribution in [0.4, 0.5) is 0 Å². The van der Waals surface area contributed by atoms with Gasteiger partial charge in [0, 0.05) is 49.7 Å². The number of carboxylic acids is 1. The summed E-state index contributed by atoms with van der Waals surface area (Å²) in [6.45, 7) is 3.73. The Hall–Kier alpha value is -4.05. The molecule has 0 fully saturated rings. The minimum atomic E-state index is -1.000. The molecule has 0 saturated carbocycles. The van der Waals surface area contributed by atoms with Crippen LogP contribution in [0, 0.1) is 0 Å². The van der Waals surface area contributed by atoms with Crippen LogP contribution >= 0.6 is 0 Å². The number of hydrogen-bond acceptors (Lipinski definition) is 6. The first-order chi connectivity index (χ1) is 17.3. The van der Waals surface area contributed by atoms with Crippen LogP contribution in [0.1, 0.15) is 35.7 Å². The highest BCUT2D eigenvalue weighted by Gasteiger charge is 2.13. The van der Waals surface area contributed by atoms with Crippen molar-refractivity contribution in [3.63, 3.8) is 0 Å². The maximum Gasteiger partial charge on any atom is 0.335 e. The summed E-state index contributed by atoms with van der Waals surface area (Å²) in [5.41, 5.74) is 3.51. The number of nitrogens with zero attached hydrogens (tertiary/aromatic N) is 4. The van der Waals surface area contributed by atoms with Gasteiger partial charge in [-0.1, -0.05) is 19.4 Å². The molecule has 0 spiro atoms. The number of carbonyl (C=O) groups excluding carboxylic acids is 1. The number of rotatable bonds is 11. The molecule has 10 heteroatoms. The quantitative estimate of drug-likeness (QED) is 0.273. The number of amides is 1. The minimum absolute atomic E-state index is 0.114. The Bertz CT molecular complexity index is 1200. The van der Waals surface area contributed by atoms with Crippen LogP contribution in [0.15, 0.2) is 48.9 Å². The highest BCUT2D eigenvalue weighted by atomic mass is 16.4. The Morgan fingerprint density at radius 2 is 1.92 bits per heavy atom. The zero-order valence-electron chi connectivity index (χ0n) is 20.8. The van der Waals surface area contributed by atoms with Crippen LogP contribution in [-0.4, -0.2) is 75.2 Å². The number of carboxylic acid groups (broad SMARTS) is 2. The van der Waals surface area contributed by atoms with Crippen LogP contribution in [0.5, 0.6) is 0 Å².